The van der Waals surface area contributed by atoms with Gasteiger partial charge < -0.3 is 15.8 Å². The molecule has 0 radical (unpaired) electrons. The third-order valence-electron chi connectivity index (χ3n) is 4.35. The summed E-state index contributed by atoms with van der Waals surface area (Å²) in [7, 11) is 1.71. The Morgan fingerprint density at radius 1 is 1.47 bits per heavy atom. The van der Waals surface area contributed by atoms with Crippen molar-refractivity contribution in [1.82, 2.24) is 5.32 Å². The van der Waals surface area contributed by atoms with Crippen molar-refractivity contribution in [1.29, 1.82) is 0 Å². The Hall–Kier alpha value is -0.610. The van der Waals surface area contributed by atoms with Crippen LogP contribution in [0, 0.1) is 5.92 Å². The van der Waals surface area contributed by atoms with Gasteiger partial charge in [-0.05, 0) is 44.4 Å². The number of rotatable bonds is 5. The van der Waals surface area contributed by atoms with Gasteiger partial charge in [-0.1, -0.05) is 0 Å². The number of carbonyl (C=O) groups excluding carboxylic acids is 1. The zero-order chi connectivity index (χ0) is 12.3. The third kappa shape index (κ3) is 3.19. The summed E-state index contributed by atoms with van der Waals surface area (Å²) in [4.78, 5) is 11.8. The van der Waals surface area contributed by atoms with Crippen molar-refractivity contribution < 1.29 is 9.53 Å². The molecule has 2 unspecified atom stereocenters. The van der Waals surface area contributed by atoms with Gasteiger partial charge in [0, 0.05) is 19.7 Å². The fourth-order valence-corrected chi connectivity index (χ4v) is 2.94. The van der Waals surface area contributed by atoms with E-state index in [1.165, 1.54) is 6.42 Å². The highest BCUT2D eigenvalue weighted by molar-refractivity contribution is 5.77. The van der Waals surface area contributed by atoms with Crippen molar-refractivity contribution in [2.45, 2.75) is 56.6 Å². The van der Waals surface area contributed by atoms with Gasteiger partial charge >= 0.3 is 0 Å². The molecule has 2 saturated carbocycles. The molecular weight excluding hydrogens is 216 g/mol. The predicted molar refractivity (Wildman–Crippen MR) is 66.5 cm³/mol. The van der Waals surface area contributed by atoms with E-state index in [-0.39, 0.29) is 11.5 Å². The van der Waals surface area contributed by atoms with E-state index in [0.29, 0.717) is 18.4 Å². The molecule has 98 valence electrons. The maximum atomic E-state index is 11.8. The number of hydrogen-bond donors (Lipinski definition) is 2. The number of nitrogens with one attached hydrogen (secondary N) is 1. The monoisotopic (exact) mass is 240 g/mol. The molecule has 2 atom stereocenters. The van der Waals surface area contributed by atoms with Gasteiger partial charge in [-0.15, -0.1) is 0 Å². The summed E-state index contributed by atoms with van der Waals surface area (Å²) < 4.78 is 5.45. The zero-order valence-electron chi connectivity index (χ0n) is 10.7. The normalized spacial score (nSPS) is 30.9. The van der Waals surface area contributed by atoms with Gasteiger partial charge in [-0.3, -0.25) is 4.79 Å². The molecule has 3 N–H and O–H groups in total. The van der Waals surface area contributed by atoms with Crippen LogP contribution in [-0.4, -0.2) is 31.2 Å². The van der Waals surface area contributed by atoms with Crippen LogP contribution in [0.5, 0.6) is 0 Å². The molecule has 0 aromatic carbocycles. The SMILES string of the molecule is COC1(CC(=O)NCC2CCC(N)C2)CCC1. The predicted octanol–water partition coefficient (Wildman–Crippen LogP) is 1.19. The molecule has 1 amide bonds. The Morgan fingerprint density at radius 3 is 2.71 bits per heavy atom. The van der Waals surface area contributed by atoms with Crippen LogP contribution in [0.4, 0.5) is 0 Å². The minimum atomic E-state index is -0.157. The molecule has 4 nitrogen and oxygen atoms in total. The first kappa shape index (κ1) is 12.8. The molecule has 4 heteroatoms. The largest absolute Gasteiger partial charge is 0.378 e. The van der Waals surface area contributed by atoms with Gasteiger partial charge in [-0.2, -0.15) is 0 Å². The van der Waals surface area contributed by atoms with Crippen molar-refractivity contribution in [3.8, 4) is 0 Å². The molecule has 2 aliphatic rings. The highest BCUT2D eigenvalue weighted by atomic mass is 16.5. The van der Waals surface area contributed by atoms with Crippen molar-refractivity contribution in [2.24, 2.45) is 11.7 Å². The van der Waals surface area contributed by atoms with Crippen LogP contribution in [0.25, 0.3) is 0 Å². The van der Waals surface area contributed by atoms with Crippen LogP contribution >= 0.6 is 0 Å². The summed E-state index contributed by atoms with van der Waals surface area (Å²) in [5.74, 6) is 0.709. The molecule has 0 spiro atoms. The Bertz CT molecular complexity index is 271. The average Bonchev–Trinajstić information content (AvgIpc) is 2.67. The van der Waals surface area contributed by atoms with E-state index >= 15 is 0 Å². The van der Waals surface area contributed by atoms with Crippen LogP contribution in [0.2, 0.25) is 0 Å². The maximum Gasteiger partial charge on any atom is 0.222 e. The number of amides is 1. The molecule has 2 aliphatic carbocycles. The van der Waals surface area contributed by atoms with Gasteiger partial charge in [0.1, 0.15) is 0 Å². The van der Waals surface area contributed by atoms with Gasteiger partial charge in [0.15, 0.2) is 0 Å². The smallest absolute Gasteiger partial charge is 0.222 e. The van der Waals surface area contributed by atoms with Crippen molar-refractivity contribution >= 4 is 5.91 Å². The molecule has 0 heterocycles. The molecule has 17 heavy (non-hydrogen) atoms. The summed E-state index contributed by atoms with van der Waals surface area (Å²) >= 11 is 0. The Balaban J connectivity index is 1.67. The molecule has 0 aromatic heterocycles. The first-order chi connectivity index (χ1) is 8.13. The van der Waals surface area contributed by atoms with Crippen LogP contribution < -0.4 is 11.1 Å². The van der Waals surface area contributed by atoms with Crippen LogP contribution in [-0.2, 0) is 9.53 Å². The third-order valence-corrected chi connectivity index (χ3v) is 4.35. The average molecular weight is 240 g/mol. The minimum absolute atomic E-state index is 0.132. The summed E-state index contributed by atoms with van der Waals surface area (Å²) in [6.07, 6.45) is 7.03. The lowest BCUT2D eigenvalue weighted by Gasteiger charge is -2.40. The molecule has 2 rings (SSSR count). The van der Waals surface area contributed by atoms with E-state index < -0.39 is 0 Å². The van der Waals surface area contributed by atoms with Gasteiger partial charge in [0.2, 0.25) is 5.91 Å². The Labute approximate surface area is 103 Å². The first-order valence-electron chi connectivity index (χ1n) is 6.71. The second kappa shape index (κ2) is 5.36. The second-order valence-corrected chi connectivity index (χ2v) is 5.66. The van der Waals surface area contributed by atoms with E-state index in [4.69, 9.17) is 10.5 Å². The highest BCUT2D eigenvalue weighted by Crippen LogP contribution is 2.37. The lowest BCUT2D eigenvalue weighted by Crippen LogP contribution is -2.44. The van der Waals surface area contributed by atoms with E-state index in [9.17, 15) is 4.79 Å². The number of hydrogen-bond acceptors (Lipinski definition) is 3. The van der Waals surface area contributed by atoms with E-state index in [0.717, 1.165) is 38.6 Å². The van der Waals surface area contributed by atoms with Gasteiger partial charge in [0.25, 0.3) is 0 Å². The van der Waals surface area contributed by atoms with Crippen LogP contribution in [0.3, 0.4) is 0 Å². The Morgan fingerprint density at radius 2 is 2.24 bits per heavy atom. The fraction of sp³-hybridized carbons (Fsp3) is 0.923. The lowest BCUT2D eigenvalue weighted by molar-refractivity contribution is -0.134. The Kier molecular flexibility index (Phi) is 4.05. The fourth-order valence-electron chi connectivity index (χ4n) is 2.94. The quantitative estimate of drug-likeness (QED) is 0.758. The van der Waals surface area contributed by atoms with Crippen LogP contribution in [0.1, 0.15) is 44.9 Å². The molecular formula is C13H24N2O2. The molecule has 0 aliphatic heterocycles. The van der Waals surface area contributed by atoms with Gasteiger partial charge in [0.05, 0.1) is 12.0 Å². The van der Waals surface area contributed by atoms with Crippen molar-refractivity contribution in [3.63, 3.8) is 0 Å². The van der Waals surface area contributed by atoms with E-state index in [1.54, 1.807) is 7.11 Å². The summed E-state index contributed by atoms with van der Waals surface area (Å²) in [6, 6.07) is 0.342. The molecule has 0 saturated heterocycles. The molecule has 0 bridgehead atoms. The van der Waals surface area contributed by atoms with Gasteiger partial charge in [-0.25, -0.2) is 0 Å². The summed E-state index contributed by atoms with van der Waals surface area (Å²) in [5.41, 5.74) is 5.70. The van der Waals surface area contributed by atoms with Crippen LogP contribution in [0.15, 0.2) is 0 Å². The number of nitrogens with two attached hydrogens (primary N) is 1. The first-order valence-corrected chi connectivity index (χ1v) is 6.71. The summed E-state index contributed by atoms with van der Waals surface area (Å²) in [6.45, 7) is 0.784. The summed E-state index contributed by atoms with van der Waals surface area (Å²) in [5, 5.41) is 3.03. The van der Waals surface area contributed by atoms with Crippen molar-refractivity contribution in [3.05, 3.63) is 0 Å². The number of carbonyl (C=O) groups is 1. The van der Waals surface area contributed by atoms with Crippen molar-refractivity contribution in [2.75, 3.05) is 13.7 Å². The maximum absolute atomic E-state index is 11.8. The van der Waals surface area contributed by atoms with E-state index in [1.807, 2.05) is 0 Å². The van der Waals surface area contributed by atoms with E-state index in [2.05, 4.69) is 5.32 Å². The molecule has 2 fully saturated rings. The topological polar surface area (TPSA) is 64.3 Å². The number of methoxy groups -OCH3 is 1. The molecule has 0 aromatic rings. The lowest BCUT2D eigenvalue weighted by atomic mass is 9.77. The minimum Gasteiger partial charge on any atom is -0.378 e. The standard InChI is InChI=1S/C13H24N2O2/c1-17-13(5-2-6-13)8-12(16)15-9-10-3-4-11(14)7-10/h10-11H,2-9,14H2,1H3,(H,15,16). The second-order valence-electron chi connectivity index (χ2n) is 5.66. The highest BCUT2D eigenvalue weighted by Gasteiger charge is 2.39. The number of ether oxygens (including phenoxy) is 1. The zero-order valence-corrected chi connectivity index (χ0v) is 10.7.